The molecule has 660 valence electrons. The topological polar surface area (TPSA) is 116 Å². The molecule has 0 spiro atoms. The van der Waals surface area contributed by atoms with Crippen molar-refractivity contribution in [3.63, 3.8) is 0 Å². The first kappa shape index (κ1) is 84.8. The molecule has 0 atom stereocenters. The lowest BCUT2D eigenvalue weighted by atomic mass is 9.94. The van der Waals surface area contributed by atoms with Crippen LogP contribution >= 0.6 is 34.0 Å². The van der Waals surface area contributed by atoms with Crippen molar-refractivity contribution in [2.75, 3.05) is 0 Å². The van der Waals surface area contributed by atoms with E-state index in [0.717, 1.165) is 93.9 Å². The molecule has 141 heavy (non-hydrogen) atoms. The fourth-order valence-electron chi connectivity index (χ4n) is 19.3. The van der Waals surface area contributed by atoms with E-state index < -0.39 is 0 Å². The average Bonchev–Trinajstić information content (AvgIpc) is 1.77. The molecule has 12 heteroatoms. The molecular weight excluding hydrogens is 1770 g/mol. The quantitative estimate of drug-likeness (QED) is 0.0989. The first-order chi connectivity index (χ1) is 69.8. The van der Waals surface area contributed by atoms with E-state index in [1.54, 1.807) is 0 Å². The van der Waals surface area contributed by atoms with Crippen molar-refractivity contribution in [2.45, 2.75) is 0 Å². The molecule has 6 aromatic heterocycles. The van der Waals surface area contributed by atoms with Crippen molar-refractivity contribution in [1.82, 2.24) is 44.9 Å². The lowest BCUT2D eigenvalue weighted by molar-refractivity contribution is 1.08. The summed E-state index contributed by atoms with van der Waals surface area (Å²) in [5.41, 5.74) is 22.8. The number of hydrogen-bond acceptors (Lipinski definition) is 12. The van der Waals surface area contributed by atoms with Gasteiger partial charge in [-0.3, -0.25) is 0 Å². The second-order valence-corrected chi connectivity index (χ2v) is 38.1. The Labute approximate surface area is 825 Å². The number of nitrogens with zero attached hydrogens (tertiary/aromatic N) is 9. The minimum atomic E-state index is 0.648. The Hall–Kier alpha value is -17.9. The van der Waals surface area contributed by atoms with Crippen LogP contribution in [0.2, 0.25) is 0 Å². The maximum atomic E-state index is 5.13. The summed E-state index contributed by atoms with van der Waals surface area (Å²) in [6, 6.07) is 172. The van der Waals surface area contributed by atoms with E-state index >= 15 is 0 Å². The van der Waals surface area contributed by atoms with Crippen molar-refractivity contribution in [1.29, 1.82) is 0 Å². The predicted octanol–water partition coefficient (Wildman–Crippen LogP) is 35.2. The van der Waals surface area contributed by atoms with Gasteiger partial charge in [0.15, 0.2) is 52.4 Å². The molecule has 21 aromatic carbocycles. The summed E-state index contributed by atoms with van der Waals surface area (Å²) in [4.78, 5) is 45.5. The van der Waals surface area contributed by atoms with E-state index in [0.29, 0.717) is 52.4 Å². The summed E-state index contributed by atoms with van der Waals surface area (Å²) >= 11 is 5.54. The van der Waals surface area contributed by atoms with E-state index in [1.807, 2.05) is 131 Å². The van der Waals surface area contributed by atoms with E-state index in [4.69, 9.17) is 44.9 Å². The SMILES string of the molecule is c1ccc(-c2ccc(-c3nc(-c4ccccc4)nc(-c4ccc(-c5ccc6c(c5)sc5ccccc56)c5ccccc45)n3)cc2)cc1.c1ccc(-c2ccc(-c3nc(-c4ccccc4)nc(-c4ccc(-c5ccc6sc7ccccc7c6c5)c5ccccc45)n3)cc2)cc1.c1ccc(-c2cccc(-c3nc(-c4ccccc4)nc(-c4ccc(-c5ccc6sc7ccccc7c6c5)c5ccccc45)n3)c2)cc1. The number of rotatable bonds is 15. The van der Waals surface area contributed by atoms with E-state index in [9.17, 15) is 0 Å². The smallest absolute Gasteiger partial charge is 0.164 e. The highest BCUT2D eigenvalue weighted by Gasteiger charge is 2.24. The highest BCUT2D eigenvalue weighted by Crippen LogP contribution is 2.46. The molecule has 27 rings (SSSR count). The largest absolute Gasteiger partial charge is 0.208 e. The number of fused-ring (bicyclic) bond motifs is 12. The second-order valence-electron chi connectivity index (χ2n) is 34.9. The highest BCUT2D eigenvalue weighted by molar-refractivity contribution is 7.26. The molecule has 0 N–H and O–H groups in total. The Morgan fingerprint density at radius 1 is 0.0993 bits per heavy atom. The molecule has 0 unspecified atom stereocenters. The summed E-state index contributed by atoms with van der Waals surface area (Å²) in [7, 11) is 0. The third-order valence-corrected chi connectivity index (χ3v) is 29.7. The van der Waals surface area contributed by atoms with Crippen LogP contribution in [0.15, 0.2) is 491 Å². The molecule has 0 aliphatic rings. The number of aromatic nitrogens is 9. The highest BCUT2D eigenvalue weighted by atomic mass is 32.1. The Bertz CT molecular complexity index is 9400. The van der Waals surface area contributed by atoms with Gasteiger partial charge in [-0.25, -0.2) is 44.9 Å². The molecular formula is C129H81N9S3. The van der Waals surface area contributed by atoms with Crippen LogP contribution in [0.1, 0.15) is 0 Å². The van der Waals surface area contributed by atoms with E-state index in [-0.39, 0.29) is 0 Å². The zero-order chi connectivity index (χ0) is 93.5. The van der Waals surface area contributed by atoms with Gasteiger partial charge < -0.3 is 0 Å². The van der Waals surface area contributed by atoms with E-state index in [1.165, 1.54) is 116 Å². The monoisotopic (exact) mass is 1850 g/mol. The lowest BCUT2D eigenvalue weighted by Crippen LogP contribution is -2.01. The molecule has 0 aliphatic heterocycles. The fourth-order valence-corrected chi connectivity index (χ4v) is 22.6. The zero-order valence-corrected chi connectivity index (χ0v) is 78.5. The average molecular weight is 1850 g/mol. The molecule has 0 bridgehead atoms. The van der Waals surface area contributed by atoms with Crippen molar-refractivity contribution in [3.8, 4) is 169 Å². The Balaban J connectivity index is 0.000000111. The zero-order valence-electron chi connectivity index (χ0n) is 76.0. The second kappa shape index (κ2) is 37.3. The van der Waals surface area contributed by atoms with Gasteiger partial charge in [0.1, 0.15) is 0 Å². The third kappa shape index (κ3) is 16.8. The molecule has 27 aromatic rings. The summed E-state index contributed by atoms with van der Waals surface area (Å²) in [6.07, 6.45) is 0. The van der Waals surface area contributed by atoms with Crippen LogP contribution in [0.4, 0.5) is 0 Å². The number of thiophene rings is 3. The third-order valence-electron chi connectivity index (χ3n) is 26.3. The van der Waals surface area contributed by atoms with Crippen LogP contribution in [0.3, 0.4) is 0 Å². The van der Waals surface area contributed by atoms with Gasteiger partial charge in [-0.2, -0.15) is 0 Å². The maximum absolute atomic E-state index is 5.13. The predicted molar refractivity (Wildman–Crippen MR) is 592 cm³/mol. The van der Waals surface area contributed by atoms with Gasteiger partial charge in [0.05, 0.1) is 0 Å². The minimum absolute atomic E-state index is 0.648. The molecule has 6 heterocycles. The lowest BCUT2D eigenvalue weighted by Gasteiger charge is -2.13. The molecule has 0 radical (unpaired) electrons. The van der Waals surface area contributed by atoms with Crippen LogP contribution in [-0.2, 0) is 0 Å². The van der Waals surface area contributed by atoms with Crippen LogP contribution in [0.25, 0.3) is 262 Å². The fraction of sp³-hybridized carbons (Fsp3) is 0. The van der Waals surface area contributed by atoms with Gasteiger partial charge in [-0.1, -0.05) is 419 Å². The van der Waals surface area contributed by atoms with E-state index in [2.05, 4.69) is 394 Å². The number of benzene rings is 21. The van der Waals surface area contributed by atoms with Crippen LogP contribution in [0.5, 0.6) is 0 Å². The van der Waals surface area contributed by atoms with Gasteiger partial charge in [0, 0.05) is 111 Å². The summed E-state index contributed by atoms with van der Waals surface area (Å²) in [5.74, 6) is 5.87. The van der Waals surface area contributed by atoms with Crippen molar-refractivity contribution < 1.29 is 0 Å². The van der Waals surface area contributed by atoms with Crippen molar-refractivity contribution in [2.24, 2.45) is 0 Å². The maximum Gasteiger partial charge on any atom is 0.164 e. The van der Waals surface area contributed by atoms with Gasteiger partial charge in [0.25, 0.3) is 0 Å². The van der Waals surface area contributed by atoms with Crippen LogP contribution in [0, 0.1) is 0 Å². The summed E-state index contributed by atoms with van der Waals surface area (Å²) in [6.45, 7) is 0. The first-order valence-electron chi connectivity index (χ1n) is 47.1. The molecule has 0 fully saturated rings. The van der Waals surface area contributed by atoms with Gasteiger partial charge in [0.2, 0.25) is 0 Å². The Kier molecular flexibility index (Phi) is 22.4. The Morgan fingerprint density at radius 3 is 0.660 bits per heavy atom. The number of hydrogen-bond donors (Lipinski definition) is 0. The summed E-state index contributed by atoms with van der Waals surface area (Å²) < 4.78 is 7.85. The van der Waals surface area contributed by atoms with Crippen molar-refractivity contribution in [3.05, 3.63) is 491 Å². The summed E-state index contributed by atoms with van der Waals surface area (Å²) in [5, 5.41) is 14.6. The van der Waals surface area contributed by atoms with Crippen LogP contribution in [-0.4, -0.2) is 44.9 Å². The van der Waals surface area contributed by atoms with Gasteiger partial charge >= 0.3 is 0 Å². The normalized spacial score (nSPS) is 11.4. The molecule has 0 aliphatic carbocycles. The van der Waals surface area contributed by atoms with Gasteiger partial charge in [-0.15, -0.1) is 34.0 Å². The van der Waals surface area contributed by atoms with Crippen LogP contribution < -0.4 is 0 Å². The van der Waals surface area contributed by atoms with Crippen molar-refractivity contribution >= 4 is 127 Å². The first-order valence-corrected chi connectivity index (χ1v) is 49.5. The molecule has 9 nitrogen and oxygen atoms in total. The standard InChI is InChI=1S/3C43H27N3S/c1-3-12-28(13-4-1)30-16-11-17-32(26-30)42-44-41(29-14-5-2-6-15-29)45-43(46-42)37-24-23-33(34-18-7-8-19-35(34)37)31-22-25-40-38(27-31)36-20-9-10-21-39(36)47-40;1-3-11-28(12-4-1)29-19-21-31(22-20-29)42-44-41(30-13-5-2-6-14-30)45-43(46-42)37-25-24-33(34-15-7-8-16-35(34)37)32-23-26-40-38(27-32)36-17-9-10-18-39(36)47-40;1-3-11-28(12-4-1)29-19-21-31(22-20-29)42-44-41(30-13-5-2-6-14-30)45-43(46-42)38-26-25-33(34-15-7-8-16-35(34)38)32-23-24-37-36-17-9-10-18-39(36)47-40(37)27-32/h3*1-27H. The molecule has 0 saturated heterocycles. The van der Waals surface area contributed by atoms with Gasteiger partial charge in [-0.05, 0) is 172 Å². The molecule has 0 saturated carbocycles. The molecule has 0 amide bonds. The minimum Gasteiger partial charge on any atom is -0.208 e. The Morgan fingerprint density at radius 2 is 0.305 bits per heavy atom.